The molecule has 0 aliphatic heterocycles. The van der Waals surface area contributed by atoms with Gasteiger partial charge in [0.05, 0.1) is 11.9 Å². The molecule has 0 bridgehead atoms. The van der Waals surface area contributed by atoms with Gasteiger partial charge in [0.1, 0.15) is 5.69 Å². The number of anilines is 3. The number of carbonyl (C=O) groups is 2. The molecule has 28 heavy (non-hydrogen) atoms. The Morgan fingerprint density at radius 1 is 0.929 bits per heavy atom. The fraction of sp³-hybridized carbons (Fsp3) is 0.174. The number of benzene rings is 2. The third-order valence-electron chi connectivity index (χ3n) is 4.38. The topological polar surface area (TPSA) is 71.1 Å². The first-order valence-electron chi connectivity index (χ1n) is 9.18. The van der Waals surface area contributed by atoms with Gasteiger partial charge >= 0.3 is 0 Å². The Kier molecular flexibility index (Phi) is 5.84. The third-order valence-corrected chi connectivity index (χ3v) is 4.38. The summed E-state index contributed by atoms with van der Waals surface area (Å²) < 4.78 is 0. The summed E-state index contributed by atoms with van der Waals surface area (Å²) in [4.78, 5) is 28.3. The van der Waals surface area contributed by atoms with Gasteiger partial charge in [-0.1, -0.05) is 44.2 Å². The lowest BCUT2D eigenvalue weighted by molar-refractivity contribution is 0.101. The molecule has 3 aromatic rings. The van der Waals surface area contributed by atoms with E-state index in [1.807, 2.05) is 36.4 Å². The number of carbonyl (C=O) groups excluding carboxylic acids is 2. The predicted octanol–water partition coefficient (Wildman–Crippen LogP) is 5.40. The average molecular weight is 373 g/mol. The molecule has 3 rings (SSSR count). The second-order valence-electron chi connectivity index (χ2n) is 6.89. The van der Waals surface area contributed by atoms with Gasteiger partial charge in [-0.2, -0.15) is 0 Å². The van der Waals surface area contributed by atoms with E-state index < -0.39 is 0 Å². The van der Waals surface area contributed by atoms with E-state index in [4.69, 9.17) is 0 Å². The summed E-state index contributed by atoms with van der Waals surface area (Å²) in [5.41, 5.74) is 4.38. The number of pyridine rings is 1. The first kappa shape index (κ1) is 19.3. The van der Waals surface area contributed by atoms with Gasteiger partial charge in [0.2, 0.25) is 0 Å². The molecule has 0 aliphatic carbocycles. The maximum absolute atomic E-state index is 12.5. The lowest BCUT2D eigenvalue weighted by Crippen LogP contribution is -2.15. The number of ketones is 1. The van der Waals surface area contributed by atoms with Gasteiger partial charge in [0, 0.05) is 16.9 Å². The molecular weight excluding hydrogens is 350 g/mol. The minimum Gasteiger partial charge on any atom is -0.354 e. The molecule has 1 aromatic heterocycles. The molecule has 0 spiro atoms. The van der Waals surface area contributed by atoms with Crippen LogP contribution in [0.2, 0.25) is 0 Å². The van der Waals surface area contributed by atoms with Crippen LogP contribution >= 0.6 is 0 Å². The van der Waals surface area contributed by atoms with Crippen LogP contribution in [0.5, 0.6) is 0 Å². The number of amides is 1. The second-order valence-corrected chi connectivity index (χ2v) is 6.89. The van der Waals surface area contributed by atoms with Crippen molar-refractivity contribution in [3.05, 3.63) is 83.7 Å². The smallest absolute Gasteiger partial charge is 0.274 e. The third kappa shape index (κ3) is 4.62. The van der Waals surface area contributed by atoms with Crippen LogP contribution in [0, 0.1) is 0 Å². The maximum Gasteiger partial charge on any atom is 0.274 e. The Bertz CT molecular complexity index is 995. The van der Waals surface area contributed by atoms with Crippen molar-refractivity contribution >= 4 is 28.8 Å². The van der Waals surface area contributed by atoms with E-state index in [9.17, 15) is 9.59 Å². The summed E-state index contributed by atoms with van der Waals surface area (Å²) in [5.74, 6) is 0.0653. The van der Waals surface area contributed by atoms with Crippen LogP contribution in [-0.4, -0.2) is 16.7 Å². The molecule has 0 fully saturated rings. The fourth-order valence-corrected chi connectivity index (χ4v) is 2.89. The Balaban J connectivity index is 1.71. The molecule has 2 aromatic carbocycles. The van der Waals surface area contributed by atoms with E-state index in [0.717, 1.165) is 22.6 Å². The Hall–Kier alpha value is -3.47. The van der Waals surface area contributed by atoms with Gasteiger partial charge in [0.15, 0.2) is 5.78 Å². The monoisotopic (exact) mass is 373 g/mol. The van der Waals surface area contributed by atoms with Gasteiger partial charge in [-0.25, -0.2) is 4.98 Å². The summed E-state index contributed by atoms with van der Waals surface area (Å²) >= 11 is 0. The lowest BCUT2D eigenvalue weighted by atomic mass is 10.0. The highest BCUT2D eigenvalue weighted by Gasteiger charge is 2.12. The number of nitrogens with one attached hydrogen (secondary N) is 2. The molecular formula is C23H23N3O2. The minimum absolute atomic E-state index is 0.00970. The Labute approximate surface area is 164 Å². The predicted molar refractivity (Wildman–Crippen MR) is 112 cm³/mol. The number of hydrogen-bond donors (Lipinski definition) is 2. The summed E-state index contributed by atoms with van der Waals surface area (Å²) in [6.45, 7) is 5.71. The highest BCUT2D eigenvalue weighted by molar-refractivity contribution is 6.03. The molecule has 2 N–H and O–H groups in total. The van der Waals surface area contributed by atoms with E-state index in [0.29, 0.717) is 17.2 Å². The second kappa shape index (κ2) is 8.48. The first-order chi connectivity index (χ1) is 13.4. The van der Waals surface area contributed by atoms with Crippen molar-refractivity contribution in [2.75, 3.05) is 10.6 Å². The van der Waals surface area contributed by atoms with Crippen molar-refractivity contribution in [3.8, 4) is 0 Å². The minimum atomic E-state index is -0.252. The molecule has 0 unspecified atom stereocenters. The number of hydrogen-bond acceptors (Lipinski definition) is 4. The molecule has 5 heteroatoms. The van der Waals surface area contributed by atoms with E-state index in [1.54, 1.807) is 30.5 Å². The zero-order chi connectivity index (χ0) is 20.1. The van der Waals surface area contributed by atoms with Crippen LogP contribution in [0.4, 0.5) is 17.1 Å². The van der Waals surface area contributed by atoms with Gasteiger partial charge in [-0.3, -0.25) is 9.59 Å². The van der Waals surface area contributed by atoms with Crippen LogP contribution in [0.25, 0.3) is 0 Å². The normalized spacial score (nSPS) is 10.6. The maximum atomic E-state index is 12.5. The number of para-hydroxylation sites is 1. The summed E-state index contributed by atoms with van der Waals surface area (Å²) in [6.07, 6.45) is 1.60. The van der Waals surface area contributed by atoms with E-state index in [1.165, 1.54) is 6.92 Å². The Morgan fingerprint density at radius 3 is 2.39 bits per heavy atom. The van der Waals surface area contributed by atoms with Crippen LogP contribution < -0.4 is 10.6 Å². The molecule has 0 saturated carbocycles. The lowest BCUT2D eigenvalue weighted by Gasteiger charge is -2.13. The zero-order valence-corrected chi connectivity index (χ0v) is 16.2. The summed E-state index contributed by atoms with van der Waals surface area (Å²) in [6, 6.07) is 18.5. The highest BCUT2D eigenvalue weighted by atomic mass is 16.2. The van der Waals surface area contributed by atoms with Crippen molar-refractivity contribution in [1.29, 1.82) is 0 Å². The van der Waals surface area contributed by atoms with Gasteiger partial charge < -0.3 is 10.6 Å². The van der Waals surface area contributed by atoms with Crippen molar-refractivity contribution in [1.82, 2.24) is 4.98 Å². The quantitative estimate of drug-likeness (QED) is 0.567. The SMILES string of the molecule is CC(=O)c1cccc(Nc2ccc(C(=O)Nc3ccccc3C(C)C)nc2)c1. The summed E-state index contributed by atoms with van der Waals surface area (Å²) in [5, 5.41) is 6.13. The van der Waals surface area contributed by atoms with Crippen molar-refractivity contribution in [2.45, 2.75) is 26.7 Å². The van der Waals surface area contributed by atoms with Crippen molar-refractivity contribution < 1.29 is 9.59 Å². The molecule has 1 heterocycles. The number of nitrogens with zero attached hydrogens (tertiary/aromatic N) is 1. The van der Waals surface area contributed by atoms with Gasteiger partial charge in [0.25, 0.3) is 5.91 Å². The molecule has 5 nitrogen and oxygen atoms in total. The van der Waals surface area contributed by atoms with Crippen molar-refractivity contribution in [3.63, 3.8) is 0 Å². The molecule has 0 atom stereocenters. The molecule has 0 saturated heterocycles. The number of Topliss-reactive ketones (excluding diaryl/α,β-unsaturated/α-hetero) is 1. The van der Waals surface area contributed by atoms with E-state index in [2.05, 4.69) is 29.5 Å². The van der Waals surface area contributed by atoms with Crippen LogP contribution in [-0.2, 0) is 0 Å². The van der Waals surface area contributed by atoms with Crippen LogP contribution in [0.15, 0.2) is 66.9 Å². The molecule has 0 aliphatic rings. The highest BCUT2D eigenvalue weighted by Crippen LogP contribution is 2.24. The standard InChI is InChI=1S/C23H23N3O2/c1-15(2)20-9-4-5-10-21(20)26-23(28)22-12-11-19(14-24-22)25-18-8-6-7-17(13-18)16(3)27/h4-15,25H,1-3H3,(H,26,28). The van der Waals surface area contributed by atoms with Gasteiger partial charge in [-0.15, -0.1) is 0 Å². The van der Waals surface area contributed by atoms with Gasteiger partial charge in [-0.05, 0) is 48.7 Å². The number of rotatable bonds is 6. The number of aromatic nitrogens is 1. The van der Waals surface area contributed by atoms with E-state index in [-0.39, 0.29) is 11.7 Å². The Morgan fingerprint density at radius 2 is 1.71 bits per heavy atom. The molecule has 1 amide bonds. The average Bonchev–Trinajstić information content (AvgIpc) is 2.69. The molecule has 142 valence electrons. The summed E-state index contributed by atoms with van der Waals surface area (Å²) in [7, 11) is 0. The van der Waals surface area contributed by atoms with Crippen LogP contribution in [0.1, 0.15) is 53.1 Å². The fourth-order valence-electron chi connectivity index (χ4n) is 2.89. The molecule has 0 radical (unpaired) electrons. The largest absolute Gasteiger partial charge is 0.354 e. The van der Waals surface area contributed by atoms with Crippen molar-refractivity contribution in [2.24, 2.45) is 0 Å². The van der Waals surface area contributed by atoms with E-state index >= 15 is 0 Å². The van der Waals surface area contributed by atoms with Crippen LogP contribution in [0.3, 0.4) is 0 Å². The zero-order valence-electron chi connectivity index (χ0n) is 16.2. The first-order valence-corrected chi connectivity index (χ1v) is 9.18.